The molecule has 1 amide bonds. The van der Waals surface area contributed by atoms with Gasteiger partial charge in [-0.3, -0.25) is 9.63 Å². The van der Waals surface area contributed by atoms with E-state index in [0.717, 1.165) is 16.5 Å². The van der Waals surface area contributed by atoms with E-state index in [4.69, 9.17) is 4.84 Å². The van der Waals surface area contributed by atoms with Gasteiger partial charge in [-0.15, -0.1) is 0 Å². The SMILES string of the molecule is CON(C)C(=O)[C@@H](C)Cc1ccc(Br)cc1. The van der Waals surface area contributed by atoms with E-state index in [0.29, 0.717) is 0 Å². The van der Waals surface area contributed by atoms with E-state index in [2.05, 4.69) is 15.9 Å². The van der Waals surface area contributed by atoms with Gasteiger partial charge in [-0.25, -0.2) is 5.06 Å². The quantitative estimate of drug-likeness (QED) is 0.796. The second kappa shape index (κ2) is 6.01. The molecule has 0 unspecified atom stereocenters. The van der Waals surface area contributed by atoms with Crippen LogP contribution in [0.2, 0.25) is 0 Å². The van der Waals surface area contributed by atoms with Crippen molar-refractivity contribution in [3.05, 3.63) is 34.3 Å². The molecule has 0 N–H and O–H groups in total. The molecule has 0 heterocycles. The molecular formula is C12H16BrNO2. The van der Waals surface area contributed by atoms with Crippen molar-refractivity contribution < 1.29 is 9.63 Å². The molecule has 16 heavy (non-hydrogen) atoms. The van der Waals surface area contributed by atoms with E-state index in [1.165, 1.54) is 12.2 Å². The highest BCUT2D eigenvalue weighted by atomic mass is 79.9. The minimum Gasteiger partial charge on any atom is -0.275 e. The van der Waals surface area contributed by atoms with E-state index < -0.39 is 0 Å². The summed E-state index contributed by atoms with van der Waals surface area (Å²) in [6.45, 7) is 1.90. The summed E-state index contributed by atoms with van der Waals surface area (Å²) in [5.41, 5.74) is 1.15. The van der Waals surface area contributed by atoms with Gasteiger partial charge in [0.1, 0.15) is 0 Å². The predicted octanol–water partition coefficient (Wildman–Crippen LogP) is 2.65. The Kier molecular flexibility index (Phi) is 4.96. The van der Waals surface area contributed by atoms with Crippen LogP contribution >= 0.6 is 15.9 Å². The van der Waals surface area contributed by atoms with Crippen molar-refractivity contribution in [1.29, 1.82) is 0 Å². The molecule has 0 fully saturated rings. The molecule has 1 rings (SSSR count). The van der Waals surface area contributed by atoms with Gasteiger partial charge in [0.25, 0.3) is 0 Å². The monoisotopic (exact) mass is 285 g/mol. The number of hydroxylamine groups is 2. The summed E-state index contributed by atoms with van der Waals surface area (Å²) in [5, 5.41) is 1.27. The number of rotatable bonds is 4. The Hall–Kier alpha value is -0.870. The largest absolute Gasteiger partial charge is 0.275 e. The molecule has 0 spiro atoms. The zero-order valence-corrected chi connectivity index (χ0v) is 11.3. The van der Waals surface area contributed by atoms with Gasteiger partial charge in [0, 0.05) is 17.4 Å². The van der Waals surface area contributed by atoms with Crippen molar-refractivity contribution in [2.75, 3.05) is 14.2 Å². The molecular weight excluding hydrogens is 270 g/mol. The molecule has 3 nitrogen and oxygen atoms in total. The zero-order valence-electron chi connectivity index (χ0n) is 9.74. The summed E-state index contributed by atoms with van der Waals surface area (Å²) in [6, 6.07) is 7.99. The molecule has 0 aliphatic rings. The lowest BCUT2D eigenvalue weighted by Crippen LogP contribution is -2.31. The summed E-state index contributed by atoms with van der Waals surface area (Å²) in [6.07, 6.45) is 0.722. The van der Waals surface area contributed by atoms with Crippen molar-refractivity contribution in [1.82, 2.24) is 5.06 Å². The Bertz CT molecular complexity index is 351. The van der Waals surface area contributed by atoms with Gasteiger partial charge in [-0.2, -0.15) is 0 Å². The third-order valence-corrected chi connectivity index (χ3v) is 2.99. The third kappa shape index (κ3) is 3.61. The number of benzene rings is 1. The van der Waals surface area contributed by atoms with Crippen molar-refractivity contribution in [2.45, 2.75) is 13.3 Å². The average Bonchev–Trinajstić information content (AvgIpc) is 2.30. The van der Waals surface area contributed by atoms with Gasteiger partial charge in [-0.1, -0.05) is 35.0 Å². The fraction of sp³-hybridized carbons (Fsp3) is 0.417. The average molecular weight is 286 g/mol. The number of hydrogen-bond donors (Lipinski definition) is 0. The van der Waals surface area contributed by atoms with E-state index in [-0.39, 0.29) is 11.8 Å². The minimum atomic E-state index is -0.0777. The standard InChI is InChI=1S/C12H16BrNO2/c1-9(12(15)14(2)16-3)8-10-4-6-11(13)7-5-10/h4-7,9H,8H2,1-3H3/t9-/m0/s1. The maximum Gasteiger partial charge on any atom is 0.248 e. The number of halogens is 1. The fourth-order valence-electron chi connectivity index (χ4n) is 1.46. The van der Waals surface area contributed by atoms with Crippen LogP contribution < -0.4 is 0 Å². The van der Waals surface area contributed by atoms with Gasteiger partial charge >= 0.3 is 0 Å². The lowest BCUT2D eigenvalue weighted by atomic mass is 10.0. The first-order valence-corrected chi connectivity index (χ1v) is 5.90. The zero-order chi connectivity index (χ0) is 12.1. The number of nitrogens with zero attached hydrogens (tertiary/aromatic N) is 1. The number of amides is 1. The molecule has 88 valence electrons. The molecule has 0 saturated carbocycles. The summed E-state index contributed by atoms with van der Waals surface area (Å²) in [5.74, 6) is -0.0865. The first kappa shape index (κ1) is 13.2. The highest BCUT2D eigenvalue weighted by Crippen LogP contribution is 2.15. The third-order valence-electron chi connectivity index (χ3n) is 2.46. The van der Waals surface area contributed by atoms with Gasteiger partial charge in [0.05, 0.1) is 7.11 Å². The first-order chi connectivity index (χ1) is 7.54. The first-order valence-electron chi connectivity index (χ1n) is 5.10. The Balaban J connectivity index is 2.60. The topological polar surface area (TPSA) is 29.5 Å². The molecule has 0 saturated heterocycles. The van der Waals surface area contributed by atoms with Crippen molar-refractivity contribution in [3.63, 3.8) is 0 Å². The van der Waals surface area contributed by atoms with Crippen LogP contribution in [0.1, 0.15) is 12.5 Å². The Labute approximate surface area is 104 Å². The van der Waals surface area contributed by atoms with Gasteiger partial charge in [0.15, 0.2) is 0 Å². The van der Waals surface area contributed by atoms with E-state index >= 15 is 0 Å². The minimum absolute atomic E-state index is 0.00887. The Morgan fingerprint density at radius 2 is 2.00 bits per heavy atom. The normalized spacial score (nSPS) is 12.2. The summed E-state index contributed by atoms with van der Waals surface area (Å²) in [7, 11) is 3.12. The van der Waals surface area contributed by atoms with Crippen LogP contribution in [-0.4, -0.2) is 25.1 Å². The molecule has 0 aliphatic heterocycles. The van der Waals surface area contributed by atoms with Crippen LogP contribution in [0, 0.1) is 5.92 Å². The Morgan fingerprint density at radius 3 is 2.50 bits per heavy atom. The number of carbonyl (C=O) groups is 1. The van der Waals surface area contributed by atoms with Crippen molar-refractivity contribution >= 4 is 21.8 Å². The maximum absolute atomic E-state index is 11.7. The highest BCUT2D eigenvalue weighted by molar-refractivity contribution is 9.10. The molecule has 0 radical (unpaired) electrons. The lowest BCUT2D eigenvalue weighted by Gasteiger charge is -2.18. The van der Waals surface area contributed by atoms with Gasteiger partial charge in [0.2, 0.25) is 5.91 Å². The summed E-state index contributed by atoms with van der Waals surface area (Å²) < 4.78 is 1.05. The number of carbonyl (C=O) groups excluding carboxylic acids is 1. The fourth-order valence-corrected chi connectivity index (χ4v) is 1.73. The molecule has 0 aromatic heterocycles. The van der Waals surface area contributed by atoms with Crippen LogP contribution in [0.25, 0.3) is 0 Å². The van der Waals surface area contributed by atoms with Crippen LogP contribution in [0.5, 0.6) is 0 Å². The smallest absolute Gasteiger partial charge is 0.248 e. The molecule has 1 aromatic rings. The van der Waals surface area contributed by atoms with E-state index in [1.807, 2.05) is 31.2 Å². The van der Waals surface area contributed by atoms with Crippen LogP contribution in [0.15, 0.2) is 28.7 Å². The lowest BCUT2D eigenvalue weighted by molar-refractivity contribution is -0.172. The summed E-state index contributed by atoms with van der Waals surface area (Å²) >= 11 is 3.38. The van der Waals surface area contributed by atoms with Crippen LogP contribution in [-0.2, 0) is 16.1 Å². The second-order valence-electron chi connectivity index (χ2n) is 3.75. The Morgan fingerprint density at radius 1 is 1.44 bits per heavy atom. The molecule has 1 atom stereocenters. The van der Waals surface area contributed by atoms with E-state index in [9.17, 15) is 4.79 Å². The van der Waals surface area contributed by atoms with Crippen molar-refractivity contribution in [2.24, 2.45) is 5.92 Å². The molecule has 0 bridgehead atoms. The molecule has 4 heteroatoms. The highest BCUT2D eigenvalue weighted by Gasteiger charge is 2.17. The van der Waals surface area contributed by atoms with Crippen LogP contribution in [0.4, 0.5) is 0 Å². The second-order valence-corrected chi connectivity index (χ2v) is 4.67. The molecule has 1 aromatic carbocycles. The van der Waals surface area contributed by atoms with E-state index in [1.54, 1.807) is 7.05 Å². The number of hydrogen-bond acceptors (Lipinski definition) is 2. The van der Waals surface area contributed by atoms with Gasteiger partial charge < -0.3 is 0 Å². The van der Waals surface area contributed by atoms with Crippen molar-refractivity contribution in [3.8, 4) is 0 Å². The predicted molar refractivity (Wildman–Crippen MR) is 66.8 cm³/mol. The molecule has 0 aliphatic carbocycles. The summed E-state index contributed by atoms with van der Waals surface area (Å²) in [4.78, 5) is 16.6. The maximum atomic E-state index is 11.7. The van der Waals surface area contributed by atoms with Gasteiger partial charge in [-0.05, 0) is 24.1 Å². The van der Waals surface area contributed by atoms with Crippen LogP contribution in [0.3, 0.4) is 0 Å².